The topological polar surface area (TPSA) is 48.1 Å². The van der Waals surface area contributed by atoms with Gasteiger partial charge in [-0.15, -0.1) is 0 Å². The standard InChI is InChI=1S/C13H18N2OS/c14-13(17)10-7-8-12(15-9-10)16-11-5-3-1-2-4-6-11/h7-9,11H,1-6H2,(H2,14,17). The van der Waals surface area contributed by atoms with Crippen molar-refractivity contribution in [1.82, 2.24) is 4.98 Å². The predicted octanol–water partition coefficient (Wildman–Crippen LogP) is 2.82. The highest BCUT2D eigenvalue weighted by atomic mass is 32.1. The number of rotatable bonds is 3. The third-order valence-corrected chi connectivity index (χ3v) is 3.35. The van der Waals surface area contributed by atoms with Gasteiger partial charge < -0.3 is 10.5 Å². The molecule has 1 aromatic rings. The van der Waals surface area contributed by atoms with E-state index in [1.807, 2.05) is 12.1 Å². The van der Waals surface area contributed by atoms with Gasteiger partial charge in [0, 0.05) is 17.8 Å². The van der Waals surface area contributed by atoms with Crippen molar-refractivity contribution in [2.45, 2.75) is 44.6 Å². The van der Waals surface area contributed by atoms with E-state index in [9.17, 15) is 0 Å². The van der Waals surface area contributed by atoms with Gasteiger partial charge >= 0.3 is 0 Å². The van der Waals surface area contributed by atoms with Crippen LogP contribution in [0.25, 0.3) is 0 Å². The summed E-state index contributed by atoms with van der Waals surface area (Å²) < 4.78 is 5.87. The fourth-order valence-electron chi connectivity index (χ4n) is 2.13. The zero-order chi connectivity index (χ0) is 12.1. The molecule has 0 aliphatic heterocycles. The third kappa shape index (κ3) is 3.66. The molecule has 17 heavy (non-hydrogen) atoms. The summed E-state index contributed by atoms with van der Waals surface area (Å²) in [6.45, 7) is 0. The van der Waals surface area contributed by atoms with Crippen LogP contribution in [0, 0.1) is 0 Å². The van der Waals surface area contributed by atoms with Crippen LogP contribution >= 0.6 is 12.2 Å². The number of ether oxygens (including phenoxy) is 1. The molecule has 0 aromatic carbocycles. The van der Waals surface area contributed by atoms with Crippen LogP contribution in [-0.2, 0) is 0 Å². The number of nitrogens with zero attached hydrogens (tertiary/aromatic N) is 1. The van der Waals surface area contributed by atoms with Gasteiger partial charge in [-0.3, -0.25) is 0 Å². The summed E-state index contributed by atoms with van der Waals surface area (Å²) in [4.78, 5) is 4.61. The Balaban J connectivity index is 1.95. The van der Waals surface area contributed by atoms with E-state index in [0.29, 0.717) is 17.0 Å². The molecule has 0 saturated heterocycles. The van der Waals surface area contributed by atoms with E-state index in [2.05, 4.69) is 4.98 Å². The lowest BCUT2D eigenvalue weighted by molar-refractivity contribution is 0.176. The molecule has 1 aromatic heterocycles. The summed E-state index contributed by atoms with van der Waals surface area (Å²) in [6, 6.07) is 3.71. The summed E-state index contributed by atoms with van der Waals surface area (Å²) in [6.07, 6.45) is 9.44. The van der Waals surface area contributed by atoms with Gasteiger partial charge in [0.2, 0.25) is 5.88 Å². The second kappa shape index (κ2) is 5.96. The van der Waals surface area contributed by atoms with E-state index in [1.54, 1.807) is 6.20 Å². The zero-order valence-electron chi connectivity index (χ0n) is 9.89. The maximum absolute atomic E-state index is 5.87. The Morgan fingerprint density at radius 1 is 1.24 bits per heavy atom. The first-order chi connectivity index (χ1) is 8.25. The van der Waals surface area contributed by atoms with E-state index < -0.39 is 0 Å². The van der Waals surface area contributed by atoms with Crippen molar-refractivity contribution in [2.24, 2.45) is 5.73 Å². The summed E-state index contributed by atoms with van der Waals surface area (Å²) in [5.74, 6) is 0.678. The smallest absolute Gasteiger partial charge is 0.213 e. The highest BCUT2D eigenvalue weighted by molar-refractivity contribution is 7.80. The minimum Gasteiger partial charge on any atom is -0.474 e. The van der Waals surface area contributed by atoms with Crippen LogP contribution < -0.4 is 10.5 Å². The maximum atomic E-state index is 5.87. The van der Waals surface area contributed by atoms with E-state index in [-0.39, 0.29) is 0 Å². The Hall–Kier alpha value is -1.16. The fraction of sp³-hybridized carbons (Fsp3) is 0.538. The second-order valence-electron chi connectivity index (χ2n) is 4.48. The molecule has 1 aliphatic carbocycles. The molecule has 0 bridgehead atoms. The van der Waals surface area contributed by atoms with Crippen LogP contribution in [0.5, 0.6) is 5.88 Å². The van der Waals surface area contributed by atoms with Gasteiger partial charge in [0.25, 0.3) is 0 Å². The SMILES string of the molecule is NC(=S)c1ccc(OC2CCCCCC2)nc1. The van der Waals surface area contributed by atoms with Gasteiger partial charge in [-0.2, -0.15) is 0 Å². The van der Waals surface area contributed by atoms with Gasteiger partial charge in [0.15, 0.2) is 0 Å². The average Bonchev–Trinajstić information content (AvgIpc) is 2.58. The first-order valence-electron chi connectivity index (χ1n) is 6.18. The van der Waals surface area contributed by atoms with Crippen LogP contribution in [0.2, 0.25) is 0 Å². The highest BCUT2D eigenvalue weighted by Gasteiger charge is 2.14. The van der Waals surface area contributed by atoms with Crippen LogP contribution in [-0.4, -0.2) is 16.1 Å². The number of thiocarbonyl (C=S) groups is 1. The molecule has 4 heteroatoms. The predicted molar refractivity (Wildman–Crippen MR) is 72.2 cm³/mol. The van der Waals surface area contributed by atoms with Crippen LogP contribution in [0.15, 0.2) is 18.3 Å². The third-order valence-electron chi connectivity index (χ3n) is 3.11. The number of hydrogen-bond acceptors (Lipinski definition) is 3. The van der Waals surface area contributed by atoms with E-state index in [0.717, 1.165) is 18.4 Å². The van der Waals surface area contributed by atoms with Crippen molar-refractivity contribution in [3.8, 4) is 5.88 Å². The molecule has 3 nitrogen and oxygen atoms in total. The van der Waals surface area contributed by atoms with Crippen molar-refractivity contribution in [3.05, 3.63) is 23.9 Å². The lowest BCUT2D eigenvalue weighted by Gasteiger charge is -2.15. The van der Waals surface area contributed by atoms with E-state index in [4.69, 9.17) is 22.7 Å². The van der Waals surface area contributed by atoms with Gasteiger partial charge in [-0.1, -0.05) is 25.1 Å². The molecule has 0 radical (unpaired) electrons. The Labute approximate surface area is 107 Å². The second-order valence-corrected chi connectivity index (χ2v) is 4.92. The van der Waals surface area contributed by atoms with Gasteiger partial charge in [-0.05, 0) is 31.7 Å². The maximum Gasteiger partial charge on any atom is 0.213 e. The van der Waals surface area contributed by atoms with Gasteiger partial charge in [-0.25, -0.2) is 4.98 Å². The molecule has 0 atom stereocenters. The summed E-state index contributed by atoms with van der Waals surface area (Å²) in [5, 5.41) is 0. The minimum atomic E-state index is 0.320. The van der Waals surface area contributed by atoms with Crippen LogP contribution in [0.4, 0.5) is 0 Å². The molecule has 92 valence electrons. The monoisotopic (exact) mass is 250 g/mol. The average molecular weight is 250 g/mol. The summed E-state index contributed by atoms with van der Waals surface area (Å²) in [5.41, 5.74) is 6.30. The van der Waals surface area contributed by atoms with Crippen LogP contribution in [0.1, 0.15) is 44.1 Å². The Kier molecular flexibility index (Phi) is 4.31. The normalized spacial score (nSPS) is 17.4. The molecule has 1 saturated carbocycles. The lowest BCUT2D eigenvalue weighted by Crippen LogP contribution is -2.16. The number of aromatic nitrogens is 1. The van der Waals surface area contributed by atoms with E-state index in [1.165, 1.54) is 25.7 Å². The molecular weight excluding hydrogens is 232 g/mol. The summed E-state index contributed by atoms with van der Waals surface area (Å²) >= 11 is 4.88. The zero-order valence-corrected chi connectivity index (χ0v) is 10.7. The molecule has 0 unspecified atom stereocenters. The fourth-order valence-corrected chi connectivity index (χ4v) is 2.25. The molecule has 2 rings (SSSR count). The number of pyridine rings is 1. The van der Waals surface area contributed by atoms with Gasteiger partial charge in [0.1, 0.15) is 11.1 Å². The van der Waals surface area contributed by atoms with Crippen molar-refractivity contribution >= 4 is 17.2 Å². The Morgan fingerprint density at radius 3 is 2.47 bits per heavy atom. The largest absolute Gasteiger partial charge is 0.474 e. The molecule has 1 heterocycles. The van der Waals surface area contributed by atoms with Crippen LogP contribution in [0.3, 0.4) is 0 Å². The van der Waals surface area contributed by atoms with Crippen molar-refractivity contribution in [3.63, 3.8) is 0 Å². The molecule has 0 amide bonds. The quantitative estimate of drug-likeness (QED) is 0.662. The Bertz CT molecular complexity index is 370. The Morgan fingerprint density at radius 2 is 1.94 bits per heavy atom. The first kappa shape index (κ1) is 12.3. The minimum absolute atomic E-state index is 0.320. The molecule has 2 N–H and O–H groups in total. The first-order valence-corrected chi connectivity index (χ1v) is 6.59. The molecule has 1 fully saturated rings. The van der Waals surface area contributed by atoms with Crippen molar-refractivity contribution in [1.29, 1.82) is 0 Å². The lowest BCUT2D eigenvalue weighted by atomic mass is 10.1. The molecular formula is C13H18N2OS. The van der Waals surface area contributed by atoms with Gasteiger partial charge in [0.05, 0.1) is 0 Å². The van der Waals surface area contributed by atoms with Crippen molar-refractivity contribution in [2.75, 3.05) is 0 Å². The van der Waals surface area contributed by atoms with Crippen molar-refractivity contribution < 1.29 is 4.74 Å². The molecule has 0 spiro atoms. The highest BCUT2D eigenvalue weighted by Crippen LogP contribution is 2.21. The molecule has 1 aliphatic rings. The number of nitrogens with two attached hydrogens (primary N) is 1. The van der Waals surface area contributed by atoms with E-state index >= 15 is 0 Å². The summed E-state index contributed by atoms with van der Waals surface area (Å²) in [7, 11) is 0. The number of hydrogen-bond donors (Lipinski definition) is 1.